The van der Waals surface area contributed by atoms with Gasteiger partial charge in [0.15, 0.2) is 5.78 Å². The quantitative estimate of drug-likeness (QED) is 0.613. The number of alkyl halides is 3. The molecule has 0 spiro atoms. The summed E-state index contributed by atoms with van der Waals surface area (Å²) in [5, 5.41) is 0. The number of halogens is 4. The maximum absolute atomic E-state index is 13.6. The Balaban J connectivity index is 2.97. The van der Waals surface area contributed by atoms with E-state index in [-0.39, 0.29) is 17.0 Å². The van der Waals surface area contributed by atoms with Crippen LogP contribution in [0.2, 0.25) is 0 Å². The normalized spacial score (nSPS) is 11.4. The number of ketones is 1. The summed E-state index contributed by atoms with van der Waals surface area (Å²) in [5.41, 5.74) is -0.00563. The zero-order valence-corrected chi connectivity index (χ0v) is 10.0. The fourth-order valence-electron chi connectivity index (χ4n) is 1.59. The number of nitrogens with zero attached hydrogens (tertiary/aromatic N) is 1. The van der Waals surface area contributed by atoms with E-state index in [1.54, 1.807) is 0 Å². The molecule has 0 fully saturated rings. The van der Waals surface area contributed by atoms with E-state index in [0.29, 0.717) is 0 Å². The predicted octanol–water partition coefficient (Wildman–Crippen LogP) is 3.42. The number of hydrogen-bond acceptors (Lipinski definition) is 2. The van der Waals surface area contributed by atoms with Crippen LogP contribution < -0.4 is 4.90 Å². The smallest absolute Gasteiger partial charge is 0.371 e. The maximum atomic E-state index is 13.6. The van der Waals surface area contributed by atoms with Gasteiger partial charge in [0, 0.05) is 19.2 Å². The van der Waals surface area contributed by atoms with Crippen LogP contribution in [0.3, 0.4) is 0 Å². The third-order valence-corrected chi connectivity index (χ3v) is 2.48. The average Bonchev–Trinajstić information content (AvgIpc) is 2.24. The molecule has 1 rings (SSSR count). The van der Waals surface area contributed by atoms with Gasteiger partial charge in [-0.2, -0.15) is 13.2 Å². The van der Waals surface area contributed by atoms with Crippen LogP contribution in [-0.2, 0) is 0 Å². The van der Waals surface area contributed by atoms with Crippen LogP contribution in [0.25, 0.3) is 0 Å². The lowest BCUT2D eigenvalue weighted by molar-refractivity contribution is -0.132. The van der Waals surface area contributed by atoms with Gasteiger partial charge in [0.2, 0.25) is 0 Å². The standard InChI is InChI=1S/C12H13F4NO/c1-8(18)9-4-3-5-10(13)11(9)17(2)7-6-12(14,15)16/h3-5H,6-7H2,1-2H3. The number of rotatable bonds is 4. The second-order valence-corrected chi connectivity index (χ2v) is 3.98. The minimum Gasteiger partial charge on any atom is -0.371 e. The number of carbonyl (C=O) groups excluding carboxylic acids is 1. The predicted molar refractivity (Wildman–Crippen MR) is 60.3 cm³/mol. The second kappa shape index (κ2) is 5.37. The molecule has 0 heterocycles. The number of para-hydroxylation sites is 1. The summed E-state index contributed by atoms with van der Waals surface area (Å²) >= 11 is 0. The topological polar surface area (TPSA) is 20.3 Å². The maximum Gasteiger partial charge on any atom is 0.390 e. The van der Waals surface area contributed by atoms with Gasteiger partial charge in [-0.3, -0.25) is 4.79 Å². The molecule has 0 aliphatic rings. The molecule has 0 radical (unpaired) electrons. The molecule has 2 nitrogen and oxygen atoms in total. The molecule has 0 bridgehead atoms. The van der Waals surface area contributed by atoms with Crippen molar-refractivity contribution in [2.24, 2.45) is 0 Å². The molecule has 100 valence electrons. The van der Waals surface area contributed by atoms with Crippen LogP contribution in [-0.4, -0.2) is 25.6 Å². The molecule has 0 aliphatic carbocycles. The van der Waals surface area contributed by atoms with Crippen LogP contribution in [0.4, 0.5) is 23.2 Å². The van der Waals surface area contributed by atoms with Crippen molar-refractivity contribution in [1.82, 2.24) is 0 Å². The van der Waals surface area contributed by atoms with Gasteiger partial charge >= 0.3 is 6.18 Å². The molecule has 18 heavy (non-hydrogen) atoms. The first-order valence-corrected chi connectivity index (χ1v) is 5.29. The third-order valence-electron chi connectivity index (χ3n) is 2.48. The van der Waals surface area contributed by atoms with E-state index in [1.807, 2.05) is 0 Å². The summed E-state index contributed by atoms with van der Waals surface area (Å²) in [6.07, 6.45) is -5.37. The largest absolute Gasteiger partial charge is 0.390 e. The van der Waals surface area contributed by atoms with Crippen LogP contribution in [0, 0.1) is 5.82 Å². The first kappa shape index (κ1) is 14.5. The van der Waals surface area contributed by atoms with E-state index in [1.165, 1.54) is 26.1 Å². The van der Waals surface area contributed by atoms with E-state index in [9.17, 15) is 22.4 Å². The molecule has 0 saturated heterocycles. The van der Waals surface area contributed by atoms with Gasteiger partial charge in [-0.1, -0.05) is 6.07 Å². The lowest BCUT2D eigenvalue weighted by atomic mass is 10.1. The Bertz CT molecular complexity index is 442. The third kappa shape index (κ3) is 3.72. The Morgan fingerprint density at radius 3 is 2.44 bits per heavy atom. The van der Waals surface area contributed by atoms with Crippen molar-refractivity contribution in [3.63, 3.8) is 0 Å². The Kier molecular flexibility index (Phi) is 4.32. The minimum atomic E-state index is -4.31. The summed E-state index contributed by atoms with van der Waals surface area (Å²) in [7, 11) is 1.33. The van der Waals surface area contributed by atoms with Crippen LogP contribution in [0.1, 0.15) is 23.7 Å². The molecule has 1 aromatic carbocycles. The highest BCUT2D eigenvalue weighted by Crippen LogP contribution is 2.26. The van der Waals surface area contributed by atoms with Crippen molar-refractivity contribution in [3.05, 3.63) is 29.6 Å². The first-order chi connectivity index (χ1) is 8.22. The van der Waals surface area contributed by atoms with Crippen molar-refractivity contribution in [3.8, 4) is 0 Å². The lowest BCUT2D eigenvalue weighted by Crippen LogP contribution is -2.26. The van der Waals surface area contributed by atoms with Gasteiger partial charge < -0.3 is 4.90 Å². The van der Waals surface area contributed by atoms with Crippen LogP contribution in [0.15, 0.2) is 18.2 Å². The number of carbonyl (C=O) groups is 1. The minimum absolute atomic E-state index is 0.0830. The summed E-state index contributed by atoms with van der Waals surface area (Å²) in [5.74, 6) is -1.09. The highest BCUT2D eigenvalue weighted by Gasteiger charge is 2.28. The van der Waals surface area contributed by atoms with Crippen molar-refractivity contribution < 1.29 is 22.4 Å². The van der Waals surface area contributed by atoms with Gasteiger partial charge in [0.1, 0.15) is 5.82 Å². The molecule has 0 saturated carbocycles. The second-order valence-electron chi connectivity index (χ2n) is 3.98. The van der Waals surface area contributed by atoms with Crippen molar-refractivity contribution >= 4 is 11.5 Å². The van der Waals surface area contributed by atoms with Gasteiger partial charge in [0.25, 0.3) is 0 Å². The summed E-state index contributed by atoms with van der Waals surface area (Å²) < 4.78 is 49.9. The molecular weight excluding hydrogens is 250 g/mol. The summed E-state index contributed by atoms with van der Waals surface area (Å²) in [4.78, 5) is 12.4. The number of anilines is 1. The fraction of sp³-hybridized carbons (Fsp3) is 0.417. The van der Waals surface area contributed by atoms with Crippen molar-refractivity contribution in [1.29, 1.82) is 0 Å². The van der Waals surface area contributed by atoms with Crippen LogP contribution >= 0.6 is 0 Å². The first-order valence-electron chi connectivity index (χ1n) is 5.29. The molecule has 0 N–H and O–H groups in total. The molecule has 0 unspecified atom stereocenters. The van der Waals surface area contributed by atoms with Crippen molar-refractivity contribution in [2.75, 3.05) is 18.5 Å². The molecule has 1 aromatic rings. The zero-order valence-electron chi connectivity index (χ0n) is 10.0. The Labute approximate surface area is 102 Å². The van der Waals surface area contributed by atoms with Crippen LogP contribution in [0.5, 0.6) is 0 Å². The number of benzene rings is 1. The monoisotopic (exact) mass is 263 g/mol. The molecule has 0 aromatic heterocycles. The molecule has 0 amide bonds. The fourth-order valence-corrected chi connectivity index (χ4v) is 1.59. The van der Waals surface area contributed by atoms with Gasteiger partial charge in [-0.05, 0) is 19.1 Å². The lowest BCUT2D eigenvalue weighted by Gasteiger charge is -2.22. The van der Waals surface area contributed by atoms with E-state index in [0.717, 1.165) is 11.0 Å². The molecular formula is C12H13F4NO. The Hall–Kier alpha value is -1.59. The highest BCUT2D eigenvalue weighted by molar-refractivity contribution is 5.99. The average molecular weight is 263 g/mol. The summed E-state index contributed by atoms with van der Waals surface area (Å²) in [6.45, 7) is 0.848. The SMILES string of the molecule is CC(=O)c1cccc(F)c1N(C)CCC(F)(F)F. The molecule has 6 heteroatoms. The van der Waals surface area contributed by atoms with E-state index >= 15 is 0 Å². The van der Waals surface area contributed by atoms with Crippen molar-refractivity contribution in [2.45, 2.75) is 19.5 Å². The Morgan fingerprint density at radius 1 is 1.33 bits per heavy atom. The van der Waals surface area contributed by atoms with Gasteiger partial charge in [0.05, 0.1) is 12.1 Å². The molecule has 0 atom stereocenters. The number of hydrogen-bond donors (Lipinski definition) is 0. The molecule has 0 aliphatic heterocycles. The summed E-state index contributed by atoms with van der Waals surface area (Å²) in [6, 6.07) is 3.86. The highest BCUT2D eigenvalue weighted by atomic mass is 19.4. The number of Topliss-reactive ketones (excluding diaryl/α,β-unsaturated/α-hetero) is 1. The van der Waals surface area contributed by atoms with Gasteiger partial charge in [-0.15, -0.1) is 0 Å². The van der Waals surface area contributed by atoms with E-state index in [4.69, 9.17) is 0 Å². The van der Waals surface area contributed by atoms with E-state index in [2.05, 4.69) is 0 Å². The zero-order chi connectivity index (χ0) is 13.9. The Morgan fingerprint density at radius 2 is 1.94 bits per heavy atom. The van der Waals surface area contributed by atoms with Gasteiger partial charge in [-0.25, -0.2) is 4.39 Å². The van der Waals surface area contributed by atoms with E-state index < -0.39 is 25.0 Å².